The monoisotopic (exact) mass is 251 g/mol. The van der Waals surface area contributed by atoms with Crippen LogP contribution in [0.15, 0.2) is 18.5 Å². The minimum absolute atomic E-state index is 0.485. The molecule has 1 rings (SSSR count). The van der Waals surface area contributed by atoms with E-state index in [1.54, 1.807) is 7.11 Å². The maximum atomic E-state index is 5.19. The molecule has 102 valence electrons. The van der Waals surface area contributed by atoms with Gasteiger partial charge < -0.3 is 15.0 Å². The van der Waals surface area contributed by atoms with Crippen LogP contribution >= 0.6 is 0 Å². The van der Waals surface area contributed by atoms with Crippen molar-refractivity contribution in [3.8, 4) is 0 Å². The van der Waals surface area contributed by atoms with Crippen molar-refractivity contribution in [2.24, 2.45) is 0 Å². The van der Waals surface area contributed by atoms with Gasteiger partial charge in [0, 0.05) is 26.2 Å². The number of methoxy groups -OCH3 is 1. The van der Waals surface area contributed by atoms with Gasteiger partial charge in [0.1, 0.15) is 0 Å². The van der Waals surface area contributed by atoms with Gasteiger partial charge in [-0.2, -0.15) is 0 Å². The molecular weight excluding hydrogens is 226 g/mol. The van der Waals surface area contributed by atoms with Gasteiger partial charge in [-0.1, -0.05) is 6.92 Å². The molecule has 0 spiro atoms. The molecular formula is C14H25N3O. The summed E-state index contributed by atoms with van der Waals surface area (Å²) in [5.74, 6) is 0. The number of hydrogen-bond acceptors (Lipinski definition) is 4. The number of ether oxygens (including phenoxy) is 1. The molecule has 0 saturated heterocycles. The highest BCUT2D eigenvalue weighted by molar-refractivity contribution is 5.56. The molecule has 1 N–H and O–H groups in total. The molecule has 1 atom stereocenters. The predicted molar refractivity (Wildman–Crippen MR) is 77.4 cm³/mol. The van der Waals surface area contributed by atoms with Crippen molar-refractivity contribution in [2.45, 2.75) is 33.2 Å². The fourth-order valence-corrected chi connectivity index (χ4v) is 1.90. The molecule has 4 nitrogen and oxygen atoms in total. The topological polar surface area (TPSA) is 37.4 Å². The van der Waals surface area contributed by atoms with Crippen LogP contribution in [0, 0.1) is 0 Å². The van der Waals surface area contributed by atoms with Crippen molar-refractivity contribution in [3.63, 3.8) is 0 Å². The molecule has 1 unspecified atom stereocenters. The molecule has 18 heavy (non-hydrogen) atoms. The Balaban J connectivity index is 2.85. The summed E-state index contributed by atoms with van der Waals surface area (Å²) in [6.07, 6.45) is 4.88. The summed E-state index contributed by atoms with van der Waals surface area (Å²) in [5, 5.41) is 3.30. The maximum Gasteiger partial charge on any atom is 0.0637 e. The molecule has 1 heterocycles. The largest absolute Gasteiger partial charge is 0.384 e. The third kappa shape index (κ3) is 4.18. The van der Waals surface area contributed by atoms with Crippen LogP contribution in [-0.4, -0.2) is 37.8 Å². The van der Waals surface area contributed by atoms with Gasteiger partial charge in [0.15, 0.2) is 0 Å². The molecule has 0 bridgehead atoms. The summed E-state index contributed by atoms with van der Waals surface area (Å²) in [5.41, 5.74) is 2.22. The summed E-state index contributed by atoms with van der Waals surface area (Å²) < 4.78 is 5.19. The van der Waals surface area contributed by atoms with Crippen molar-refractivity contribution in [1.82, 2.24) is 4.98 Å². The average Bonchev–Trinajstić information content (AvgIpc) is 2.39. The lowest BCUT2D eigenvalue weighted by Gasteiger charge is -2.30. The molecule has 1 aromatic rings. The summed E-state index contributed by atoms with van der Waals surface area (Å²) >= 11 is 0. The lowest BCUT2D eigenvalue weighted by molar-refractivity contribution is 0.203. The van der Waals surface area contributed by atoms with Crippen LogP contribution in [0.3, 0.4) is 0 Å². The first-order valence-electron chi connectivity index (χ1n) is 6.67. The number of nitrogens with one attached hydrogen (secondary N) is 1. The number of nitrogens with zero attached hydrogens (tertiary/aromatic N) is 2. The van der Waals surface area contributed by atoms with Gasteiger partial charge in [-0.3, -0.25) is 4.98 Å². The van der Waals surface area contributed by atoms with E-state index in [0.29, 0.717) is 6.04 Å². The highest BCUT2D eigenvalue weighted by Gasteiger charge is 2.13. The van der Waals surface area contributed by atoms with E-state index in [-0.39, 0.29) is 0 Å². The molecule has 0 aliphatic carbocycles. The average molecular weight is 251 g/mol. The Morgan fingerprint density at radius 1 is 1.39 bits per heavy atom. The third-order valence-corrected chi connectivity index (χ3v) is 3.10. The van der Waals surface area contributed by atoms with Gasteiger partial charge in [-0.15, -0.1) is 0 Å². The first-order valence-corrected chi connectivity index (χ1v) is 6.67. The first kappa shape index (κ1) is 14.8. The van der Waals surface area contributed by atoms with Crippen molar-refractivity contribution in [3.05, 3.63) is 18.5 Å². The summed E-state index contributed by atoms with van der Waals surface area (Å²) in [6, 6.07) is 2.64. The van der Waals surface area contributed by atoms with Gasteiger partial charge in [0.05, 0.1) is 30.4 Å². The SMILES string of the molecule is CCNc1cncc(N(CCOC)C(C)CC)c1. The molecule has 0 aliphatic rings. The van der Waals surface area contributed by atoms with Gasteiger partial charge >= 0.3 is 0 Å². The van der Waals surface area contributed by atoms with E-state index in [0.717, 1.165) is 37.5 Å². The Labute approximate surface area is 110 Å². The number of hydrogen-bond donors (Lipinski definition) is 1. The second kappa shape index (κ2) is 7.93. The van der Waals surface area contributed by atoms with E-state index < -0.39 is 0 Å². The van der Waals surface area contributed by atoms with E-state index in [1.807, 2.05) is 12.4 Å². The van der Waals surface area contributed by atoms with Crippen LogP contribution in [0.1, 0.15) is 27.2 Å². The van der Waals surface area contributed by atoms with Crippen molar-refractivity contribution in [1.29, 1.82) is 0 Å². The van der Waals surface area contributed by atoms with E-state index in [4.69, 9.17) is 4.74 Å². The smallest absolute Gasteiger partial charge is 0.0637 e. The zero-order valence-electron chi connectivity index (χ0n) is 11.9. The Morgan fingerprint density at radius 3 is 2.78 bits per heavy atom. The molecule has 0 radical (unpaired) electrons. The third-order valence-electron chi connectivity index (χ3n) is 3.10. The number of anilines is 2. The standard InChI is InChI=1S/C14H25N3O/c1-5-12(3)17(7-8-18-4)14-9-13(16-6-2)10-15-11-14/h9-12,16H,5-8H2,1-4H3. The highest BCUT2D eigenvalue weighted by atomic mass is 16.5. The van der Waals surface area contributed by atoms with Crippen LogP contribution < -0.4 is 10.2 Å². The van der Waals surface area contributed by atoms with Gasteiger partial charge in [-0.05, 0) is 26.3 Å². The molecule has 0 amide bonds. The molecule has 0 aliphatic heterocycles. The zero-order chi connectivity index (χ0) is 13.4. The molecule has 0 fully saturated rings. The second-order valence-electron chi connectivity index (χ2n) is 4.41. The van der Waals surface area contributed by atoms with Crippen LogP contribution in [0.4, 0.5) is 11.4 Å². The van der Waals surface area contributed by atoms with Crippen LogP contribution in [0.25, 0.3) is 0 Å². The first-order chi connectivity index (χ1) is 8.72. The summed E-state index contributed by atoms with van der Waals surface area (Å²) in [6.45, 7) is 9.05. The molecule has 1 aromatic heterocycles. The number of aromatic nitrogens is 1. The highest BCUT2D eigenvalue weighted by Crippen LogP contribution is 2.20. The number of pyridine rings is 1. The van der Waals surface area contributed by atoms with Crippen LogP contribution in [0.5, 0.6) is 0 Å². The molecule has 0 aromatic carbocycles. The Morgan fingerprint density at radius 2 is 2.17 bits per heavy atom. The fraction of sp³-hybridized carbons (Fsp3) is 0.643. The van der Waals surface area contributed by atoms with E-state index in [2.05, 4.69) is 42.0 Å². The van der Waals surface area contributed by atoms with Gasteiger partial charge in [0.2, 0.25) is 0 Å². The quantitative estimate of drug-likeness (QED) is 0.771. The van der Waals surface area contributed by atoms with Crippen LogP contribution in [-0.2, 0) is 4.74 Å². The zero-order valence-corrected chi connectivity index (χ0v) is 11.9. The van der Waals surface area contributed by atoms with Crippen molar-refractivity contribution >= 4 is 11.4 Å². The summed E-state index contributed by atoms with van der Waals surface area (Å²) in [7, 11) is 1.74. The Hall–Kier alpha value is -1.29. The Bertz CT molecular complexity index is 344. The van der Waals surface area contributed by atoms with Crippen molar-refractivity contribution in [2.75, 3.05) is 37.0 Å². The molecule has 0 saturated carbocycles. The fourth-order valence-electron chi connectivity index (χ4n) is 1.90. The van der Waals surface area contributed by atoms with Gasteiger partial charge in [-0.25, -0.2) is 0 Å². The minimum atomic E-state index is 0.485. The lowest BCUT2D eigenvalue weighted by atomic mass is 10.2. The maximum absolute atomic E-state index is 5.19. The predicted octanol–water partition coefficient (Wildman–Crippen LogP) is 2.76. The van der Waals surface area contributed by atoms with E-state index in [1.165, 1.54) is 0 Å². The van der Waals surface area contributed by atoms with Gasteiger partial charge in [0.25, 0.3) is 0 Å². The normalized spacial score (nSPS) is 12.2. The molecule has 4 heteroatoms. The van der Waals surface area contributed by atoms with Crippen LogP contribution in [0.2, 0.25) is 0 Å². The number of rotatable bonds is 8. The van der Waals surface area contributed by atoms with E-state index in [9.17, 15) is 0 Å². The Kier molecular flexibility index (Phi) is 6.50. The minimum Gasteiger partial charge on any atom is -0.384 e. The van der Waals surface area contributed by atoms with Crippen molar-refractivity contribution < 1.29 is 4.74 Å². The summed E-state index contributed by atoms with van der Waals surface area (Å²) in [4.78, 5) is 6.65. The van der Waals surface area contributed by atoms with E-state index >= 15 is 0 Å². The second-order valence-corrected chi connectivity index (χ2v) is 4.41. The lowest BCUT2D eigenvalue weighted by Crippen LogP contribution is -2.35.